The molecule has 0 atom stereocenters. The van der Waals surface area contributed by atoms with Gasteiger partial charge in [-0.05, 0) is 69.4 Å². The molecule has 0 saturated heterocycles. The van der Waals surface area contributed by atoms with Crippen LogP contribution < -0.4 is 16.0 Å². The van der Waals surface area contributed by atoms with E-state index in [4.69, 9.17) is 4.74 Å². The summed E-state index contributed by atoms with van der Waals surface area (Å²) >= 11 is 0. The number of nitrogens with one attached hydrogen (secondary N) is 3. The molecule has 2 amide bonds. The third kappa shape index (κ3) is 6.15. The van der Waals surface area contributed by atoms with Crippen molar-refractivity contribution in [3.8, 4) is 0 Å². The lowest BCUT2D eigenvalue weighted by Crippen LogP contribution is -2.36. The molecule has 0 bridgehead atoms. The molecule has 35 heavy (non-hydrogen) atoms. The van der Waals surface area contributed by atoms with Crippen molar-refractivity contribution in [3.63, 3.8) is 0 Å². The summed E-state index contributed by atoms with van der Waals surface area (Å²) in [7, 11) is 0. The number of carbonyl (C=O) groups excluding carboxylic acids is 2. The lowest BCUT2D eigenvalue weighted by atomic mass is 10.1. The molecule has 0 unspecified atom stereocenters. The molecule has 182 valence electrons. The molecule has 4 rings (SSSR count). The summed E-state index contributed by atoms with van der Waals surface area (Å²) < 4.78 is 19.9. The number of aromatic nitrogens is 1. The van der Waals surface area contributed by atoms with Gasteiger partial charge in [-0.1, -0.05) is 36.4 Å². The van der Waals surface area contributed by atoms with E-state index < -0.39 is 17.5 Å². The van der Waals surface area contributed by atoms with Gasteiger partial charge < -0.3 is 15.4 Å². The fourth-order valence-corrected chi connectivity index (χ4v) is 4.01. The SMILES string of the molecule is Cc1cccc(Nc2cc(NC(=O)OC(C)(C)C)cc(C(=O)NC3Cc4ccccc4C3)n2)c1F. The Kier molecular flexibility index (Phi) is 6.73. The first-order chi connectivity index (χ1) is 16.6. The third-order valence-corrected chi connectivity index (χ3v) is 5.54. The summed E-state index contributed by atoms with van der Waals surface area (Å²) in [6, 6.07) is 16.0. The third-order valence-electron chi connectivity index (χ3n) is 5.54. The molecule has 0 fully saturated rings. The molecular weight excluding hydrogens is 447 g/mol. The molecule has 3 aromatic rings. The van der Waals surface area contributed by atoms with Gasteiger partial charge in [-0.25, -0.2) is 14.2 Å². The Bertz CT molecular complexity index is 1240. The van der Waals surface area contributed by atoms with Crippen molar-refractivity contribution >= 4 is 29.2 Å². The van der Waals surface area contributed by atoms with Crippen LogP contribution in [-0.4, -0.2) is 28.6 Å². The Labute approximate surface area is 204 Å². The van der Waals surface area contributed by atoms with E-state index in [-0.39, 0.29) is 29.1 Å². The van der Waals surface area contributed by atoms with Gasteiger partial charge in [0.2, 0.25) is 0 Å². The first-order valence-electron chi connectivity index (χ1n) is 11.5. The monoisotopic (exact) mass is 476 g/mol. The summed E-state index contributed by atoms with van der Waals surface area (Å²) in [4.78, 5) is 29.9. The van der Waals surface area contributed by atoms with Crippen LogP contribution in [0.25, 0.3) is 0 Å². The minimum Gasteiger partial charge on any atom is -0.444 e. The quantitative estimate of drug-likeness (QED) is 0.451. The van der Waals surface area contributed by atoms with Gasteiger partial charge in [-0.3, -0.25) is 10.1 Å². The van der Waals surface area contributed by atoms with Gasteiger partial charge in [0, 0.05) is 12.1 Å². The van der Waals surface area contributed by atoms with Gasteiger partial charge in [0.15, 0.2) is 0 Å². The van der Waals surface area contributed by atoms with E-state index in [1.54, 1.807) is 45.9 Å². The molecule has 1 aliphatic rings. The van der Waals surface area contributed by atoms with Gasteiger partial charge in [0.25, 0.3) is 5.91 Å². The van der Waals surface area contributed by atoms with Crippen molar-refractivity contribution in [1.82, 2.24) is 10.3 Å². The highest BCUT2D eigenvalue weighted by Gasteiger charge is 2.24. The van der Waals surface area contributed by atoms with Crippen LogP contribution in [0.15, 0.2) is 54.6 Å². The summed E-state index contributed by atoms with van der Waals surface area (Å²) in [5.74, 6) is -0.596. The molecule has 7 nitrogen and oxygen atoms in total. The number of nitrogens with zero attached hydrogens (tertiary/aromatic N) is 1. The first-order valence-corrected chi connectivity index (χ1v) is 11.5. The minimum absolute atomic E-state index is 0.0604. The lowest BCUT2D eigenvalue weighted by Gasteiger charge is -2.20. The molecule has 1 heterocycles. The molecular formula is C27H29FN4O3. The molecule has 2 aromatic carbocycles. The van der Waals surface area contributed by atoms with Gasteiger partial charge in [0.05, 0.1) is 11.4 Å². The van der Waals surface area contributed by atoms with Crippen LogP contribution in [0.2, 0.25) is 0 Å². The lowest BCUT2D eigenvalue weighted by molar-refractivity contribution is 0.0635. The minimum atomic E-state index is -0.694. The number of pyridine rings is 1. The van der Waals surface area contributed by atoms with Gasteiger partial charge in [-0.2, -0.15) is 0 Å². The zero-order valence-electron chi connectivity index (χ0n) is 20.2. The standard InChI is InChI=1S/C27H29FN4O3/c1-16-8-7-11-21(24(16)28)31-23-15-20(30-26(34)35-27(2,3)4)14-22(32-23)25(33)29-19-12-17-9-5-6-10-18(17)13-19/h5-11,14-15,19H,12-13H2,1-4H3,(H,29,33)(H2,30,31,32,34). The average Bonchev–Trinajstić information content (AvgIpc) is 3.17. The van der Waals surface area contributed by atoms with Crippen molar-refractivity contribution in [2.75, 3.05) is 10.6 Å². The maximum Gasteiger partial charge on any atom is 0.412 e. The largest absolute Gasteiger partial charge is 0.444 e. The van der Waals surface area contributed by atoms with E-state index in [1.165, 1.54) is 23.3 Å². The zero-order valence-corrected chi connectivity index (χ0v) is 20.2. The summed E-state index contributed by atoms with van der Waals surface area (Å²) in [6.45, 7) is 6.92. The number of amides is 2. The predicted octanol–water partition coefficient (Wildman–Crippen LogP) is 5.52. The molecule has 0 saturated carbocycles. The normalized spacial score (nSPS) is 13.2. The topological polar surface area (TPSA) is 92.4 Å². The Morgan fingerprint density at radius 3 is 2.37 bits per heavy atom. The van der Waals surface area contributed by atoms with Crippen LogP contribution in [-0.2, 0) is 17.6 Å². The average molecular weight is 477 g/mol. The number of halogens is 1. The molecule has 1 aromatic heterocycles. The summed E-state index contributed by atoms with van der Waals surface area (Å²) in [5.41, 5.74) is 2.79. The summed E-state index contributed by atoms with van der Waals surface area (Å²) in [6.07, 6.45) is 0.795. The number of ether oxygens (including phenoxy) is 1. The number of rotatable bonds is 5. The molecule has 0 aliphatic heterocycles. The highest BCUT2D eigenvalue weighted by molar-refractivity contribution is 5.95. The van der Waals surface area contributed by atoms with Gasteiger partial charge >= 0.3 is 6.09 Å². The highest BCUT2D eigenvalue weighted by atomic mass is 19.1. The summed E-state index contributed by atoms with van der Waals surface area (Å²) in [5, 5.41) is 8.58. The van der Waals surface area contributed by atoms with Crippen LogP contribution in [0, 0.1) is 12.7 Å². The number of hydrogen-bond donors (Lipinski definition) is 3. The van der Waals surface area contributed by atoms with E-state index >= 15 is 0 Å². The highest BCUT2D eigenvalue weighted by Crippen LogP contribution is 2.25. The fraction of sp³-hybridized carbons (Fsp3) is 0.296. The van der Waals surface area contributed by atoms with Gasteiger partial charge in [0.1, 0.15) is 22.9 Å². The van der Waals surface area contributed by atoms with Crippen molar-refractivity contribution in [1.29, 1.82) is 0 Å². The molecule has 1 aliphatic carbocycles. The van der Waals surface area contributed by atoms with Crippen LogP contribution in [0.5, 0.6) is 0 Å². The zero-order chi connectivity index (χ0) is 25.2. The number of anilines is 3. The van der Waals surface area contributed by atoms with E-state index in [9.17, 15) is 14.0 Å². The number of carbonyl (C=O) groups is 2. The maximum atomic E-state index is 14.6. The fourth-order valence-electron chi connectivity index (χ4n) is 4.01. The molecule has 8 heteroatoms. The van der Waals surface area contributed by atoms with Crippen molar-refractivity contribution in [2.45, 2.75) is 52.2 Å². The Balaban J connectivity index is 1.58. The number of benzene rings is 2. The predicted molar refractivity (Wildman–Crippen MR) is 134 cm³/mol. The van der Waals surface area contributed by atoms with Crippen molar-refractivity contribution < 1.29 is 18.7 Å². The first kappa shape index (κ1) is 24.2. The van der Waals surface area contributed by atoms with Crippen LogP contribution in [0.1, 0.15) is 48.0 Å². The second-order valence-electron chi connectivity index (χ2n) is 9.66. The molecule has 0 radical (unpaired) electrons. The second-order valence-corrected chi connectivity index (χ2v) is 9.66. The number of aryl methyl sites for hydroxylation is 1. The Hall–Kier alpha value is -3.94. The molecule has 0 spiro atoms. The van der Waals surface area contributed by atoms with E-state index in [0.29, 0.717) is 11.3 Å². The van der Waals surface area contributed by atoms with Crippen LogP contribution >= 0.6 is 0 Å². The van der Waals surface area contributed by atoms with Crippen LogP contribution in [0.4, 0.5) is 26.4 Å². The van der Waals surface area contributed by atoms with Gasteiger partial charge in [-0.15, -0.1) is 0 Å². The maximum absolute atomic E-state index is 14.6. The Morgan fingerprint density at radius 1 is 1.03 bits per heavy atom. The van der Waals surface area contributed by atoms with Crippen LogP contribution in [0.3, 0.4) is 0 Å². The smallest absolute Gasteiger partial charge is 0.412 e. The van der Waals surface area contributed by atoms with E-state index in [2.05, 4.69) is 33.1 Å². The number of hydrogen-bond acceptors (Lipinski definition) is 5. The van der Waals surface area contributed by atoms with Crippen molar-refractivity contribution in [3.05, 3.63) is 82.8 Å². The second kappa shape index (κ2) is 9.74. The molecule has 3 N–H and O–H groups in total. The Morgan fingerprint density at radius 2 is 1.71 bits per heavy atom. The number of fused-ring (bicyclic) bond motifs is 1. The van der Waals surface area contributed by atoms with E-state index in [1.807, 2.05) is 12.1 Å². The van der Waals surface area contributed by atoms with Crippen molar-refractivity contribution in [2.24, 2.45) is 0 Å². The van der Waals surface area contributed by atoms with E-state index in [0.717, 1.165) is 12.8 Å².